The third kappa shape index (κ3) is 2.21. The molecular formula is C5H12N4. The Bertz CT molecular complexity index is 141. The zero-order valence-electron chi connectivity index (χ0n) is 6.29. The van der Waals surface area contributed by atoms with Gasteiger partial charge in [-0.3, -0.25) is 0 Å². The van der Waals surface area contributed by atoms with Crippen molar-refractivity contribution in [2.75, 3.05) is 0 Å². The van der Waals surface area contributed by atoms with Crippen molar-refractivity contribution in [1.29, 1.82) is 0 Å². The summed E-state index contributed by atoms with van der Waals surface area (Å²) in [7, 11) is 1.80. The fourth-order valence-corrected chi connectivity index (χ4v) is 0.274. The zero-order valence-corrected chi connectivity index (χ0v) is 6.29. The van der Waals surface area contributed by atoms with Crippen LogP contribution in [0.2, 0.25) is 0 Å². The summed E-state index contributed by atoms with van der Waals surface area (Å²) in [6, 6.07) is 0. The fourth-order valence-electron chi connectivity index (χ4n) is 0.274. The van der Waals surface area contributed by atoms with Crippen LogP contribution in [0.25, 0.3) is 0 Å². The minimum atomic E-state index is 0.833. The summed E-state index contributed by atoms with van der Waals surface area (Å²) in [5.41, 5.74) is 0. The van der Waals surface area contributed by atoms with E-state index in [1.807, 2.05) is 20.8 Å². The summed E-state index contributed by atoms with van der Waals surface area (Å²) in [5.74, 6) is 0.833. The van der Waals surface area contributed by atoms with E-state index >= 15 is 0 Å². The lowest BCUT2D eigenvalue weighted by molar-refractivity contribution is 0.695. The van der Waals surface area contributed by atoms with Gasteiger partial charge < -0.3 is 0 Å². The maximum atomic E-state index is 3.62. The van der Waals surface area contributed by atoms with Crippen LogP contribution in [0.15, 0.2) is 0 Å². The Morgan fingerprint density at radius 2 is 1.89 bits per heavy atom. The van der Waals surface area contributed by atoms with Crippen molar-refractivity contribution in [2.24, 2.45) is 7.05 Å². The minimum Gasteiger partial charge on any atom is -0.233 e. The number of nitrogens with zero attached hydrogens (tertiary/aromatic N) is 4. The first-order valence-electron chi connectivity index (χ1n) is 2.99. The molecule has 0 aromatic carbocycles. The average Bonchev–Trinajstić information content (AvgIpc) is 2.23. The van der Waals surface area contributed by atoms with E-state index in [4.69, 9.17) is 0 Å². The molecule has 0 spiro atoms. The first-order chi connectivity index (χ1) is 4.30. The van der Waals surface area contributed by atoms with Gasteiger partial charge in [0.2, 0.25) is 0 Å². The molecule has 4 heteroatoms. The first kappa shape index (κ1) is 8.07. The molecule has 0 aliphatic heterocycles. The van der Waals surface area contributed by atoms with E-state index in [1.165, 1.54) is 0 Å². The van der Waals surface area contributed by atoms with Crippen LogP contribution in [-0.4, -0.2) is 20.2 Å². The molecule has 0 atom stereocenters. The van der Waals surface area contributed by atoms with Gasteiger partial charge in [0.1, 0.15) is 5.82 Å². The molecule has 0 aliphatic rings. The molecule has 0 aliphatic carbocycles. The maximum Gasteiger partial charge on any atom is 0.147 e. The Kier molecular flexibility index (Phi) is 3.59. The van der Waals surface area contributed by atoms with Crippen molar-refractivity contribution < 1.29 is 0 Å². The van der Waals surface area contributed by atoms with Crippen LogP contribution in [0.1, 0.15) is 19.7 Å². The highest BCUT2D eigenvalue weighted by Crippen LogP contribution is 1.78. The smallest absolute Gasteiger partial charge is 0.147 e. The quantitative estimate of drug-likeness (QED) is 0.512. The van der Waals surface area contributed by atoms with Gasteiger partial charge in [0.05, 0.1) is 0 Å². The molecule has 0 unspecified atom stereocenters. The molecule has 1 heterocycles. The first-order valence-corrected chi connectivity index (χ1v) is 2.99. The Hall–Kier alpha value is -0.930. The number of aryl methyl sites for hydroxylation is 2. The van der Waals surface area contributed by atoms with Gasteiger partial charge in [-0.05, 0) is 17.4 Å². The second-order valence-electron chi connectivity index (χ2n) is 1.35. The van der Waals surface area contributed by atoms with Gasteiger partial charge in [-0.1, -0.05) is 13.8 Å². The van der Waals surface area contributed by atoms with Crippen LogP contribution < -0.4 is 0 Å². The Labute approximate surface area is 54.9 Å². The molecule has 0 fully saturated rings. The average molecular weight is 128 g/mol. The van der Waals surface area contributed by atoms with Crippen molar-refractivity contribution in [3.05, 3.63) is 5.82 Å². The summed E-state index contributed by atoms with van der Waals surface area (Å²) in [6.07, 6.45) is 0. The summed E-state index contributed by atoms with van der Waals surface area (Å²) < 4.78 is 1.61. The number of rotatable bonds is 0. The summed E-state index contributed by atoms with van der Waals surface area (Å²) >= 11 is 0. The number of hydrogen-bond acceptors (Lipinski definition) is 3. The molecule has 0 radical (unpaired) electrons. The van der Waals surface area contributed by atoms with Gasteiger partial charge in [-0.15, -0.1) is 5.10 Å². The Balaban J connectivity index is 0.000000291. The Morgan fingerprint density at radius 1 is 1.33 bits per heavy atom. The monoisotopic (exact) mass is 128 g/mol. The summed E-state index contributed by atoms with van der Waals surface area (Å²) in [4.78, 5) is 0. The van der Waals surface area contributed by atoms with Crippen molar-refractivity contribution in [1.82, 2.24) is 20.2 Å². The van der Waals surface area contributed by atoms with E-state index < -0.39 is 0 Å². The largest absolute Gasteiger partial charge is 0.233 e. The SMILES string of the molecule is CC.Cc1nnnn1C. The highest BCUT2D eigenvalue weighted by atomic mass is 15.5. The molecular weight excluding hydrogens is 116 g/mol. The van der Waals surface area contributed by atoms with Gasteiger partial charge in [0, 0.05) is 7.05 Å². The molecule has 0 N–H and O–H groups in total. The molecule has 0 saturated heterocycles. The van der Waals surface area contributed by atoms with E-state index in [9.17, 15) is 0 Å². The molecule has 9 heavy (non-hydrogen) atoms. The topological polar surface area (TPSA) is 43.6 Å². The van der Waals surface area contributed by atoms with E-state index in [2.05, 4.69) is 15.5 Å². The molecule has 52 valence electrons. The highest BCUT2D eigenvalue weighted by Gasteiger charge is 1.87. The molecule has 0 amide bonds. The van der Waals surface area contributed by atoms with Crippen molar-refractivity contribution in [3.8, 4) is 0 Å². The number of hydrogen-bond donors (Lipinski definition) is 0. The fraction of sp³-hybridized carbons (Fsp3) is 0.800. The standard InChI is InChI=1S/C3H6N4.C2H6/c1-3-4-5-6-7(3)2;1-2/h1-2H3;1-2H3. The highest BCUT2D eigenvalue weighted by molar-refractivity contribution is 4.69. The molecule has 1 aromatic heterocycles. The minimum absolute atomic E-state index is 0.833. The van der Waals surface area contributed by atoms with E-state index in [0.29, 0.717) is 0 Å². The summed E-state index contributed by atoms with van der Waals surface area (Å²) in [5, 5.41) is 10.6. The third-order valence-electron chi connectivity index (χ3n) is 0.832. The number of aromatic nitrogens is 4. The van der Waals surface area contributed by atoms with Gasteiger partial charge >= 0.3 is 0 Å². The molecule has 0 saturated carbocycles. The van der Waals surface area contributed by atoms with E-state index in [0.717, 1.165) is 5.82 Å². The van der Waals surface area contributed by atoms with Gasteiger partial charge in [-0.2, -0.15) is 0 Å². The van der Waals surface area contributed by atoms with E-state index in [-0.39, 0.29) is 0 Å². The molecule has 1 rings (SSSR count). The van der Waals surface area contributed by atoms with Gasteiger partial charge in [0.15, 0.2) is 0 Å². The van der Waals surface area contributed by atoms with Gasteiger partial charge in [0.25, 0.3) is 0 Å². The second-order valence-corrected chi connectivity index (χ2v) is 1.35. The predicted molar refractivity (Wildman–Crippen MR) is 34.9 cm³/mol. The third-order valence-corrected chi connectivity index (χ3v) is 0.832. The normalized spacial score (nSPS) is 8.00. The van der Waals surface area contributed by atoms with E-state index in [1.54, 1.807) is 11.7 Å². The van der Waals surface area contributed by atoms with Crippen LogP contribution in [0.4, 0.5) is 0 Å². The molecule has 1 aromatic rings. The summed E-state index contributed by atoms with van der Waals surface area (Å²) in [6.45, 7) is 5.85. The zero-order chi connectivity index (χ0) is 7.28. The van der Waals surface area contributed by atoms with Crippen LogP contribution in [0, 0.1) is 6.92 Å². The number of tetrazole rings is 1. The lowest BCUT2D eigenvalue weighted by atomic mass is 10.7. The van der Waals surface area contributed by atoms with Crippen LogP contribution >= 0.6 is 0 Å². The molecule has 0 bridgehead atoms. The van der Waals surface area contributed by atoms with Crippen molar-refractivity contribution in [2.45, 2.75) is 20.8 Å². The lowest BCUT2D eigenvalue weighted by Crippen LogP contribution is -1.92. The van der Waals surface area contributed by atoms with Crippen molar-refractivity contribution in [3.63, 3.8) is 0 Å². The Morgan fingerprint density at radius 3 is 2.00 bits per heavy atom. The van der Waals surface area contributed by atoms with Gasteiger partial charge in [-0.25, -0.2) is 4.68 Å². The lowest BCUT2D eigenvalue weighted by Gasteiger charge is -1.81. The maximum absolute atomic E-state index is 3.62. The second kappa shape index (κ2) is 4.00. The van der Waals surface area contributed by atoms with Crippen LogP contribution in [0.5, 0.6) is 0 Å². The molecule has 4 nitrogen and oxygen atoms in total. The predicted octanol–water partition coefficient (Wildman–Crippen LogP) is 0.545. The van der Waals surface area contributed by atoms with Crippen LogP contribution in [0.3, 0.4) is 0 Å². The van der Waals surface area contributed by atoms with Crippen molar-refractivity contribution >= 4 is 0 Å². The van der Waals surface area contributed by atoms with Crippen LogP contribution in [-0.2, 0) is 7.05 Å².